The first-order chi connectivity index (χ1) is 18.8. The van der Waals surface area contributed by atoms with Crippen molar-refractivity contribution in [2.75, 3.05) is 19.7 Å². The third-order valence-corrected chi connectivity index (χ3v) is 7.59. The Morgan fingerprint density at radius 1 is 0.846 bits per heavy atom. The van der Waals surface area contributed by atoms with Crippen LogP contribution in [-0.2, 0) is 28.8 Å². The molecular formula is C31H31F3N2O3. The first-order valence-electron chi connectivity index (χ1n) is 13.2. The number of amides is 1. The van der Waals surface area contributed by atoms with E-state index in [0.29, 0.717) is 28.9 Å². The molecule has 8 heteroatoms. The molecule has 0 aromatic heterocycles. The van der Waals surface area contributed by atoms with Crippen LogP contribution in [0.1, 0.15) is 47.9 Å². The zero-order chi connectivity index (χ0) is 27.3. The van der Waals surface area contributed by atoms with Gasteiger partial charge in [0.25, 0.3) is 5.91 Å². The number of benzene rings is 3. The summed E-state index contributed by atoms with van der Waals surface area (Å²) < 4.78 is 44.2. The van der Waals surface area contributed by atoms with Gasteiger partial charge in [-0.3, -0.25) is 4.79 Å². The fourth-order valence-corrected chi connectivity index (χ4v) is 4.84. The lowest BCUT2D eigenvalue weighted by atomic mass is 9.94. The summed E-state index contributed by atoms with van der Waals surface area (Å²) in [5.74, 6) is 0.602. The standard InChI is InChI=1S/C31H31F3N2O3/c32-31(33,34)26-10-6-24(7-11-26)21-39-35-28(20-23-4-2-1-3-5-23)25-8-12-27(13-9-25)38-22-29(37)36-18-16-30(14-15-30)17-19-36/h1-13H,14-22H2/b35-28-. The Bertz CT molecular complexity index is 1280. The van der Waals surface area contributed by atoms with E-state index >= 15 is 0 Å². The number of piperidine rings is 1. The maximum atomic E-state index is 12.8. The summed E-state index contributed by atoms with van der Waals surface area (Å²) in [4.78, 5) is 20.0. The Labute approximate surface area is 226 Å². The summed E-state index contributed by atoms with van der Waals surface area (Å²) in [5, 5.41) is 4.33. The summed E-state index contributed by atoms with van der Waals surface area (Å²) in [6.45, 7) is 1.67. The van der Waals surface area contributed by atoms with Crippen molar-refractivity contribution in [1.82, 2.24) is 4.90 Å². The highest BCUT2D eigenvalue weighted by molar-refractivity contribution is 6.01. The van der Waals surface area contributed by atoms with Crippen LogP contribution in [-0.4, -0.2) is 36.2 Å². The lowest BCUT2D eigenvalue weighted by molar-refractivity contribution is -0.137. The van der Waals surface area contributed by atoms with Gasteiger partial charge in [0.1, 0.15) is 12.4 Å². The minimum atomic E-state index is -4.38. The fraction of sp³-hybridized carbons (Fsp3) is 0.355. The SMILES string of the molecule is O=C(COc1ccc(/C(Cc2ccccc2)=N\OCc2ccc(C(F)(F)F)cc2)cc1)N1CCC2(CC1)CC2. The Hall–Kier alpha value is -3.81. The summed E-state index contributed by atoms with van der Waals surface area (Å²) in [5.41, 5.74) is 2.92. The maximum absolute atomic E-state index is 12.8. The number of rotatable bonds is 9. The molecule has 204 valence electrons. The lowest BCUT2D eigenvalue weighted by Crippen LogP contribution is -2.41. The first kappa shape index (κ1) is 26.8. The number of hydrogen-bond donors (Lipinski definition) is 0. The van der Waals surface area contributed by atoms with Crippen molar-refractivity contribution < 1.29 is 27.5 Å². The van der Waals surface area contributed by atoms with Gasteiger partial charge in [0.15, 0.2) is 6.61 Å². The highest BCUT2D eigenvalue weighted by Gasteiger charge is 2.45. The van der Waals surface area contributed by atoms with Gasteiger partial charge in [-0.2, -0.15) is 13.2 Å². The normalized spacial score (nSPS) is 16.7. The van der Waals surface area contributed by atoms with E-state index in [1.165, 1.54) is 25.0 Å². The number of nitrogens with zero attached hydrogens (tertiary/aromatic N) is 2. The van der Waals surface area contributed by atoms with Gasteiger partial charge in [-0.15, -0.1) is 0 Å². The van der Waals surface area contributed by atoms with Gasteiger partial charge in [0, 0.05) is 19.5 Å². The van der Waals surface area contributed by atoms with E-state index in [4.69, 9.17) is 9.57 Å². The average Bonchev–Trinajstić information content (AvgIpc) is 3.70. The fourth-order valence-electron chi connectivity index (χ4n) is 4.84. The van der Waals surface area contributed by atoms with Crippen molar-refractivity contribution in [2.24, 2.45) is 10.6 Å². The smallest absolute Gasteiger partial charge is 0.416 e. The third-order valence-electron chi connectivity index (χ3n) is 7.59. The zero-order valence-electron chi connectivity index (χ0n) is 21.6. The molecule has 0 radical (unpaired) electrons. The molecule has 1 saturated heterocycles. The van der Waals surface area contributed by atoms with Gasteiger partial charge in [0.2, 0.25) is 0 Å². The van der Waals surface area contributed by atoms with Crippen LogP contribution in [0.3, 0.4) is 0 Å². The highest BCUT2D eigenvalue weighted by Crippen LogP contribution is 2.53. The second kappa shape index (κ2) is 11.5. The topological polar surface area (TPSA) is 51.1 Å². The van der Waals surface area contributed by atoms with Gasteiger partial charge < -0.3 is 14.5 Å². The molecular weight excluding hydrogens is 505 g/mol. The van der Waals surface area contributed by atoms with Crippen LogP contribution in [0.25, 0.3) is 0 Å². The van der Waals surface area contributed by atoms with Crippen molar-refractivity contribution in [1.29, 1.82) is 0 Å². The number of carbonyl (C=O) groups excluding carboxylic acids is 1. The van der Waals surface area contributed by atoms with Crippen molar-refractivity contribution in [3.63, 3.8) is 0 Å². The highest BCUT2D eigenvalue weighted by atomic mass is 19.4. The molecule has 5 nitrogen and oxygen atoms in total. The van der Waals surface area contributed by atoms with Crippen molar-refractivity contribution in [3.8, 4) is 5.75 Å². The predicted molar refractivity (Wildman–Crippen MR) is 142 cm³/mol. The molecule has 0 N–H and O–H groups in total. The van der Waals surface area contributed by atoms with Crippen LogP contribution in [0, 0.1) is 5.41 Å². The molecule has 2 fully saturated rings. The number of ether oxygens (including phenoxy) is 1. The number of alkyl halides is 3. The van der Waals surface area contributed by atoms with Gasteiger partial charge >= 0.3 is 6.18 Å². The summed E-state index contributed by atoms with van der Waals surface area (Å²) in [6, 6.07) is 21.9. The van der Waals surface area contributed by atoms with E-state index in [2.05, 4.69) is 5.16 Å². The van der Waals surface area contributed by atoms with E-state index < -0.39 is 11.7 Å². The monoisotopic (exact) mass is 536 g/mol. The third kappa shape index (κ3) is 7.19. The van der Waals surface area contributed by atoms with E-state index in [9.17, 15) is 18.0 Å². The van der Waals surface area contributed by atoms with E-state index in [1.807, 2.05) is 47.4 Å². The summed E-state index contributed by atoms with van der Waals surface area (Å²) in [6.07, 6.45) is 0.913. The molecule has 0 unspecified atom stereocenters. The first-order valence-corrected chi connectivity index (χ1v) is 13.2. The molecule has 1 saturated carbocycles. The predicted octanol–water partition coefficient (Wildman–Crippen LogP) is 6.65. The van der Waals surface area contributed by atoms with Gasteiger partial charge in [0.05, 0.1) is 11.3 Å². The molecule has 5 rings (SSSR count). The van der Waals surface area contributed by atoms with Gasteiger partial charge in [-0.05, 0) is 84.2 Å². The van der Waals surface area contributed by atoms with Crippen LogP contribution >= 0.6 is 0 Å². The van der Waals surface area contributed by atoms with Crippen molar-refractivity contribution >= 4 is 11.6 Å². The number of likely N-dealkylation sites (tertiary alicyclic amines) is 1. The lowest BCUT2D eigenvalue weighted by Gasteiger charge is -2.32. The van der Waals surface area contributed by atoms with E-state index in [0.717, 1.165) is 49.2 Å². The van der Waals surface area contributed by atoms with Crippen molar-refractivity contribution in [3.05, 3.63) is 101 Å². The molecule has 1 aliphatic heterocycles. The van der Waals surface area contributed by atoms with Crippen LogP contribution in [0.5, 0.6) is 5.75 Å². The largest absolute Gasteiger partial charge is 0.484 e. The van der Waals surface area contributed by atoms with Crippen LogP contribution < -0.4 is 4.74 Å². The van der Waals surface area contributed by atoms with Crippen LogP contribution in [0.15, 0.2) is 84.0 Å². The van der Waals surface area contributed by atoms with Crippen LogP contribution in [0.4, 0.5) is 13.2 Å². The molecule has 1 amide bonds. The number of halogens is 3. The molecule has 3 aromatic carbocycles. The Balaban J connectivity index is 1.20. The zero-order valence-corrected chi connectivity index (χ0v) is 21.6. The van der Waals surface area contributed by atoms with Crippen molar-refractivity contribution in [2.45, 2.75) is 44.9 Å². The summed E-state index contributed by atoms with van der Waals surface area (Å²) in [7, 11) is 0. The quantitative estimate of drug-likeness (QED) is 0.227. The van der Waals surface area contributed by atoms with E-state index in [-0.39, 0.29) is 19.1 Å². The molecule has 1 aliphatic carbocycles. The summed E-state index contributed by atoms with van der Waals surface area (Å²) >= 11 is 0. The molecule has 0 atom stereocenters. The Morgan fingerprint density at radius 3 is 2.13 bits per heavy atom. The molecule has 1 heterocycles. The number of hydrogen-bond acceptors (Lipinski definition) is 4. The molecule has 3 aromatic rings. The molecule has 1 spiro atoms. The second-order valence-electron chi connectivity index (χ2n) is 10.4. The van der Waals surface area contributed by atoms with Gasteiger partial charge in [-0.25, -0.2) is 0 Å². The van der Waals surface area contributed by atoms with E-state index in [1.54, 1.807) is 12.1 Å². The maximum Gasteiger partial charge on any atom is 0.416 e. The Kier molecular flexibility index (Phi) is 7.91. The Morgan fingerprint density at radius 2 is 1.51 bits per heavy atom. The molecule has 0 bridgehead atoms. The molecule has 39 heavy (non-hydrogen) atoms. The van der Waals surface area contributed by atoms with Gasteiger partial charge in [-0.1, -0.05) is 47.6 Å². The average molecular weight is 537 g/mol. The minimum Gasteiger partial charge on any atom is -0.484 e. The molecule has 2 aliphatic rings. The minimum absolute atomic E-state index is 0.00749. The van der Waals surface area contributed by atoms with Crippen LogP contribution in [0.2, 0.25) is 0 Å². The number of oxime groups is 1. The second-order valence-corrected chi connectivity index (χ2v) is 10.4. The number of carbonyl (C=O) groups is 1.